The molecule has 1 atom stereocenters. The van der Waals surface area contributed by atoms with Gasteiger partial charge in [-0.15, -0.1) is 0 Å². The molecular weight excluding hydrogens is 522 g/mol. The molecule has 29 heavy (non-hydrogen) atoms. The number of phenolic OH excluding ortho intramolecular Hbond substituents is 1. The van der Waals surface area contributed by atoms with Gasteiger partial charge in [0.05, 0.1) is 23.3 Å². The number of aromatic hydroxyl groups is 1. The van der Waals surface area contributed by atoms with E-state index in [-0.39, 0.29) is 17.2 Å². The minimum Gasteiger partial charge on any atom is -0.508 e. The minimum absolute atomic E-state index is 0.00731. The molecule has 0 radical (unpaired) electrons. The number of rotatable bonds is 5. The van der Waals surface area contributed by atoms with E-state index in [2.05, 4.69) is 31.9 Å². The first kappa shape index (κ1) is 20.4. The first-order valence-corrected chi connectivity index (χ1v) is 12.1. The number of hydrogen-bond acceptors (Lipinski definition) is 4. The predicted octanol–water partition coefficient (Wildman–Crippen LogP) is 4.86. The molecule has 5 nitrogen and oxygen atoms in total. The minimum atomic E-state index is -3.69. The molecule has 0 saturated heterocycles. The van der Waals surface area contributed by atoms with Crippen LogP contribution in [0.15, 0.2) is 74.5 Å². The summed E-state index contributed by atoms with van der Waals surface area (Å²) >= 11 is 7.00. The molecule has 1 heterocycles. The van der Waals surface area contributed by atoms with Crippen LogP contribution >= 0.6 is 31.9 Å². The molecule has 0 aliphatic carbocycles. The Morgan fingerprint density at radius 2 is 1.38 bits per heavy atom. The molecule has 0 fully saturated rings. The van der Waals surface area contributed by atoms with E-state index >= 15 is 0 Å². The van der Waals surface area contributed by atoms with E-state index in [0.29, 0.717) is 0 Å². The third-order valence-electron chi connectivity index (χ3n) is 4.79. The molecule has 0 bridgehead atoms. The lowest BCUT2D eigenvalue weighted by atomic mass is 10.2. The Kier molecular flexibility index (Phi) is 5.46. The maximum absolute atomic E-state index is 12.6. The lowest BCUT2D eigenvalue weighted by Gasteiger charge is -2.14. The van der Waals surface area contributed by atoms with Crippen molar-refractivity contribution in [3.63, 3.8) is 0 Å². The van der Waals surface area contributed by atoms with Crippen LogP contribution in [0.5, 0.6) is 5.75 Å². The monoisotopic (exact) mass is 537 g/mol. The van der Waals surface area contributed by atoms with Crippen LogP contribution < -0.4 is 0 Å². The predicted molar refractivity (Wildman–Crippen MR) is 121 cm³/mol. The van der Waals surface area contributed by atoms with Crippen molar-refractivity contribution in [2.75, 3.05) is 5.75 Å². The number of aliphatic hydroxyl groups is 1. The fourth-order valence-corrected chi connectivity index (χ4v) is 5.59. The summed E-state index contributed by atoms with van der Waals surface area (Å²) in [6, 6.07) is 17.1. The van der Waals surface area contributed by atoms with Gasteiger partial charge in [-0.3, -0.25) is 0 Å². The summed E-state index contributed by atoms with van der Waals surface area (Å²) in [6.07, 6.45) is -1.10. The van der Waals surface area contributed by atoms with Crippen molar-refractivity contribution in [3.05, 3.63) is 69.6 Å². The highest BCUT2D eigenvalue weighted by Crippen LogP contribution is 2.33. The second-order valence-corrected chi connectivity index (χ2v) is 10.7. The quantitative estimate of drug-likeness (QED) is 0.380. The normalized spacial score (nSPS) is 13.2. The van der Waals surface area contributed by atoms with Gasteiger partial charge in [-0.25, -0.2) is 8.42 Å². The zero-order chi connectivity index (χ0) is 20.8. The Hall–Kier alpha value is -1.87. The Morgan fingerprint density at radius 3 is 1.90 bits per heavy atom. The fourth-order valence-electron chi connectivity index (χ4n) is 3.51. The summed E-state index contributed by atoms with van der Waals surface area (Å²) in [4.78, 5) is 0.0735. The summed E-state index contributed by atoms with van der Waals surface area (Å²) in [5.41, 5.74) is 1.84. The van der Waals surface area contributed by atoms with E-state index in [1.807, 2.05) is 41.0 Å². The molecule has 2 N–H and O–H groups in total. The van der Waals surface area contributed by atoms with Gasteiger partial charge in [0.1, 0.15) is 5.75 Å². The fraction of sp³-hybridized carbons (Fsp3) is 0.143. The lowest BCUT2D eigenvalue weighted by Crippen LogP contribution is -2.25. The highest BCUT2D eigenvalue weighted by molar-refractivity contribution is 9.10. The number of aromatic nitrogens is 1. The van der Waals surface area contributed by atoms with E-state index in [9.17, 15) is 18.6 Å². The average Bonchev–Trinajstić information content (AvgIpc) is 2.94. The summed E-state index contributed by atoms with van der Waals surface area (Å²) in [6.45, 7) is 0.139. The van der Waals surface area contributed by atoms with Crippen molar-refractivity contribution in [1.29, 1.82) is 0 Å². The van der Waals surface area contributed by atoms with Crippen LogP contribution in [-0.2, 0) is 16.4 Å². The molecule has 0 saturated carbocycles. The SMILES string of the molecule is O=S(=O)(CC(O)Cn1c2ccc(Br)cc2c2cc(Br)ccc21)c1ccc(O)cc1. The molecule has 1 unspecified atom stereocenters. The van der Waals surface area contributed by atoms with Crippen LogP contribution in [0.1, 0.15) is 0 Å². The van der Waals surface area contributed by atoms with Crippen LogP contribution in [0.25, 0.3) is 21.8 Å². The maximum Gasteiger partial charge on any atom is 0.180 e. The van der Waals surface area contributed by atoms with Gasteiger partial charge in [0.2, 0.25) is 0 Å². The second kappa shape index (κ2) is 7.75. The first-order valence-electron chi connectivity index (χ1n) is 8.81. The van der Waals surface area contributed by atoms with E-state index in [0.717, 1.165) is 30.8 Å². The van der Waals surface area contributed by atoms with Crippen molar-refractivity contribution < 1.29 is 18.6 Å². The van der Waals surface area contributed by atoms with Gasteiger partial charge in [-0.2, -0.15) is 0 Å². The number of benzene rings is 3. The number of phenols is 1. The number of halogens is 2. The van der Waals surface area contributed by atoms with Crippen molar-refractivity contribution in [1.82, 2.24) is 4.57 Å². The smallest absolute Gasteiger partial charge is 0.180 e. The lowest BCUT2D eigenvalue weighted by molar-refractivity contribution is 0.179. The van der Waals surface area contributed by atoms with E-state index in [1.165, 1.54) is 24.3 Å². The second-order valence-electron chi connectivity index (χ2n) is 6.86. The summed E-state index contributed by atoms with van der Waals surface area (Å²) in [5.74, 6) is -0.418. The molecule has 8 heteroatoms. The molecule has 4 rings (SSSR count). The molecule has 0 spiro atoms. The molecule has 0 aliphatic rings. The third-order valence-corrected chi connectivity index (χ3v) is 7.59. The number of nitrogens with zero attached hydrogens (tertiary/aromatic N) is 1. The molecule has 150 valence electrons. The zero-order valence-electron chi connectivity index (χ0n) is 15.1. The van der Waals surface area contributed by atoms with Crippen molar-refractivity contribution >= 4 is 63.5 Å². The molecule has 4 aromatic rings. The van der Waals surface area contributed by atoms with Gasteiger partial charge in [0.25, 0.3) is 0 Å². The Balaban J connectivity index is 1.70. The standard InChI is InChI=1S/C21H17Br2NO4S/c22-13-1-7-20-18(9-13)19-10-14(23)2-8-21(19)24(20)11-16(26)12-29(27,28)17-5-3-15(25)4-6-17/h1-10,16,25-26H,11-12H2. The number of aliphatic hydroxyl groups excluding tert-OH is 1. The van der Waals surface area contributed by atoms with Gasteiger partial charge < -0.3 is 14.8 Å². The van der Waals surface area contributed by atoms with Gasteiger partial charge in [0.15, 0.2) is 9.84 Å². The number of fused-ring (bicyclic) bond motifs is 3. The van der Waals surface area contributed by atoms with E-state index < -0.39 is 21.7 Å². The summed E-state index contributed by atoms with van der Waals surface area (Å²) < 4.78 is 29.1. The maximum atomic E-state index is 12.6. The van der Waals surface area contributed by atoms with Crippen LogP contribution in [0.2, 0.25) is 0 Å². The van der Waals surface area contributed by atoms with Gasteiger partial charge >= 0.3 is 0 Å². The molecule has 0 aliphatic heterocycles. The van der Waals surface area contributed by atoms with Crippen molar-refractivity contribution in [2.24, 2.45) is 0 Å². The number of sulfone groups is 1. The first-order chi connectivity index (χ1) is 13.7. The summed E-state index contributed by atoms with van der Waals surface area (Å²) in [7, 11) is -3.69. The largest absolute Gasteiger partial charge is 0.508 e. The molecule has 0 amide bonds. The Bertz CT molecular complexity index is 1260. The van der Waals surface area contributed by atoms with Gasteiger partial charge in [0, 0.05) is 30.8 Å². The van der Waals surface area contributed by atoms with E-state index in [4.69, 9.17) is 0 Å². The highest BCUT2D eigenvalue weighted by Gasteiger charge is 2.22. The Labute approximate surface area is 184 Å². The van der Waals surface area contributed by atoms with Crippen LogP contribution in [0.3, 0.4) is 0 Å². The van der Waals surface area contributed by atoms with Gasteiger partial charge in [-0.05, 0) is 60.7 Å². The van der Waals surface area contributed by atoms with Crippen LogP contribution in [0, 0.1) is 0 Å². The average molecular weight is 539 g/mol. The van der Waals surface area contributed by atoms with Crippen LogP contribution in [0.4, 0.5) is 0 Å². The summed E-state index contributed by atoms with van der Waals surface area (Å²) in [5, 5.41) is 22.0. The zero-order valence-corrected chi connectivity index (χ0v) is 19.1. The molecular formula is C21H17Br2NO4S. The molecule has 3 aromatic carbocycles. The highest BCUT2D eigenvalue weighted by atomic mass is 79.9. The van der Waals surface area contributed by atoms with Crippen LogP contribution in [-0.4, -0.2) is 35.1 Å². The number of hydrogen-bond donors (Lipinski definition) is 2. The topological polar surface area (TPSA) is 79.5 Å². The Morgan fingerprint density at radius 1 is 0.862 bits per heavy atom. The van der Waals surface area contributed by atoms with E-state index in [1.54, 1.807) is 0 Å². The van der Waals surface area contributed by atoms with Gasteiger partial charge in [-0.1, -0.05) is 31.9 Å². The van der Waals surface area contributed by atoms with Crippen molar-refractivity contribution in [2.45, 2.75) is 17.5 Å². The third kappa shape index (κ3) is 4.07. The molecule has 1 aromatic heterocycles. The van der Waals surface area contributed by atoms with Crippen molar-refractivity contribution in [3.8, 4) is 5.75 Å².